The van der Waals surface area contributed by atoms with Crippen molar-refractivity contribution >= 4 is 46.6 Å². The van der Waals surface area contributed by atoms with E-state index in [0.717, 1.165) is 17.3 Å². The molecule has 0 radical (unpaired) electrons. The first kappa shape index (κ1) is 19.0. The molecule has 2 aromatic carbocycles. The van der Waals surface area contributed by atoms with Crippen LogP contribution in [0.15, 0.2) is 47.4 Å². The third-order valence-corrected chi connectivity index (χ3v) is 4.63. The van der Waals surface area contributed by atoms with Gasteiger partial charge >= 0.3 is 5.97 Å². The molecule has 0 unspecified atom stereocenters. The van der Waals surface area contributed by atoms with E-state index < -0.39 is 17.1 Å². The minimum atomic E-state index is -0.460. The zero-order chi connectivity index (χ0) is 19.4. The summed E-state index contributed by atoms with van der Waals surface area (Å²) < 4.78 is 10.6. The maximum Gasteiger partial charge on any atom is 0.315 e. The number of carbonyl (C=O) groups is 3. The first-order chi connectivity index (χ1) is 12.9. The van der Waals surface area contributed by atoms with Gasteiger partial charge in [-0.3, -0.25) is 19.7 Å². The maximum atomic E-state index is 12.2. The summed E-state index contributed by atoms with van der Waals surface area (Å²) in [5, 5.41) is 2.32. The van der Waals surface area contributed by atoms with Gasteiger partial charge in [0.25, 0.3) is 11.1 Å². The summed E-state index contributed by atoms with van der Waals surface area (Å²) in [6, 6.07) is 11.8. The summed E-state index contributed by atoms with van der Waals surface area (Å²) in [6.07, 6.45) is 1.62. The Balaban J connectivity index is 1.74. The van der Waals surface area contributed by atoms with E-state index in [-0.39, 0.29) is 17.1 Å². The Kier molecular flexibility index (Phi) is 5.83. The molecule has 1 N–H and O–H groups in total. The molecule has 1 aliphatic rings. The van der Waals surface area contributed by atoms with Gasteiger partial charge in [-0.15, -0.1) is 0 Å². The van der Waals surface area contributed by atoms with E-state index in [1.807, 2.05) is 0 Å². The lowest BCUT2D eigenvalue weighted by molar-refractivity contribution is -0.133. The number of imide groups is 1. The second kappa shape index (κ2) is 8.28. The zero-order valence-corrected chi connectivity index (χ0v) is 15.7. The topological polar surface area (TPSA) is 81.7 Å². The zero-order valence-electron chi connectivity index (χ0n) is 14.2. The quantitative estimate of drug-likeness (QED) is 0.464. The number of nitrogens with one attached hydrogen (secondary N) is 1. The number of hydrogen-bond donors (Lipinski definition) is 1. The number of benzene rings is 2. The van der Waals surface area contributed by atoms with Gasteiger partial charge in [-0.25, -0.2) is 0 Å². The Morgan fingerprint density at radius 3 is 2.67 bits per heavy atom. The summed E-state index contributed by atoms with van der Waals surface area (Å²) in [5.74, 6) is -0.316. The Morgan fingerprint density at radius 2 is 2.00 bits per heavy atom. The van der Waals surface area contributed by atoms with Gasteiger partial charge in [0, 0.05) is 5.02 Å². The van der Waals surface area contributed by atoms with Crippen LogP contribution < -0.4 is 14.8 Å². The van der Waals surface area contributed by atoms with Gasteiger partial charge in [0.1, 0.15) is 0 Å². The fourth-order valence-electron chi connectivity index (χ4n) is 2.40. The largest absolute Gasteiger partial charge is 0.493 e. The van der Waals surface area contributed by atoms with E-state index in [4.69, 9.17) is 21.1 Å². The van der Waals surface area contributed by atoms with Gasteiger partial charge in [0.05, 0.1) is 18.4 Å². The van der Waals surface area contributed by atoms with Gasteiger partial charge in [-0.05, 0) is 53.2 Å². The summed E-state index contributed by atoms with van der Waals surface area (Å²) in [6.45, 7) is 0. The third-order valence-electron chi connectivity index (χ3n) is 3.59. The lowest BCUT2D eigenvalue weighted by Crippen LogP contribution is -2.17. The molecule has 0 aromatic heterocycles. The minimum absolute atomic E-state index is 0.0639. The molecule has 3 rings (SSSR count). The number of ether oxygens (including phenoxy) is 2. The van der Waals surface area contributed by atoms with Crippen molar-refractivity contribution in [3.8, 4) is 11.5 Å². The van der Waals surface area contributed by atoms with Gasteiger partial charge in [0.2, 0.25) is 0 Å². The molecule has 27 heavy (non-hydrogen) atoms. The van der Waals surface area contributed by atoms with Crippen molar-refractivity contribution in [2.24, 2.45) is 0 Å². The van der Waals surface area contributed by atoms with Gasteiger partial charge < -0.3 is 9.47 Å². The van der Waals surface area contributed by atoms with Crippen molar-refractivity contribution in [3.63, 3.8) is 0 Å². The molecule has 2 amide bonds. The molecule has 1 fully saturated rings. The monoisotopic (exact) mass is 403 g/mol. The Hall–Kier alpha value is -2.77. The number of esters is 1. The lowest BCUT2D eigenvalue weighted by atomic mass is 10.1. The second-order valence-corrected chi connectivity index (χ2v) is 6.99. The summed E-state index contributed by atoms with van der Waals surface area (Å²) in [7, 11) is 1.45. The SMILES string of the molecule is COc1cc(C=C2SC(=O)NC2=O)ccc1OC(=O)Cc1cccc(Cl)c1. The van der Waals surface area contributed by atoms with Crippen LogP contribution in [-0.2, 0) is 16.0 Å². The van der Waals surface area contributed by atoms with Crippen LogP contribution in [-0.4, -0.2) is 24.2 Å². The third kappa shape index (κ3) is 4.90. The minimum Gasteiger partial charge on any atom is -0.493 e. The van der Waals surface area contributed by atoms with E-state index >= 15 is 0 Å². The van der Waals surface area contributed by atoms with Crippen LogP contribution in [0.4, 0.5) is 4.79 Å². The fraction of sp³-hybridized carbons (Fsp3) is 0.105. The van der Waals surface area contributed by atoms with Crippen LogP contribution in [0, 0.1) is 0 Å². The molecule has 1 aliphatic heterocycles. The van der Waals surface area contributed by atoms with Crippen LogP contribution in [0.1, 0.15) is 11.1 Å². The standard InChI is InChI=1S/C19H14ClNO5S/c1-25-15-8-12(9-16-18(23)21-19(24)27-16)5-6-14(15)26-17(22)10-11-3-2-4-13(20)7-11/h2-9H,10H2,1H3,(H,21,23,24). The van der Waals surface area contributed by atoms with E-state index in [2.05, 4.69) is 5.32 Å². The molecular formula is C19H14ClNO5S. The first-order valence-electron chi connectivity index (χ1n) is 7.82. The second-order valence-electron chi connectivity index (χ2n) is 5.54. The van der Waals surface area contributed by atoms with Crippen molar-refractivity contribution in [1.29, 1.82) is 0 Å². The number of methoxy groups -OCH3 is 1. The molecular weight excluding hydrogens is 390 g/mol. The van der Waals surface area contributed by atoms with E-state index in [1.165, 1.54) is 7.11 Å². The average molecular weight is 404 g/mol. The molecule has 0 saturated carbocycles. The first-order valence-corrected chi connectivity index (χ1v) is 9.02. The van der Waals surface area contributed by atoms with E-state index in [0.29, 0.717) is 16.3 Å². The highest BCUT2D eigenvalue weighted by Gasteiger charge is 2.25. The summed E-state index contributed by atoms with van der Waals surface area (Å²) in [4.78, 5) is 35.3. The number of hydrogen-bond acceptors (Lipinski definition) is 6. The van der Waals surface area contributed by atoms with Crippen molar-refractivity contribution in [2.45, 2.75) is 6.42 Å². The van der Waals surface area contributed by atoms with Gasteiger partial charge in [-0.1, -0.05) is 29.8 Å². The Morgan fingerprint density at radius 1 is 1.19 bits per heavy atom. The molecule has 138 valence electrons. The van der Waals surface area contributed by atoms with Gasteiger partial charge in [-0.2, -0.15) is 0 Å². The van der Waals surface area contributed by atoms with Crippen LogP contribution >= 0.6 is 23.4 Å². The number of carbonyl (C=O) groups excluding carboxylic acids is 3. The molecule has 1 saturated heterocycles. The molecule has 0 spiro atoms. The highest BCUT2D eigenvalue weighted by atomic mass is 35.5. The van der Waals surface area contributed by atoms with Crippen LogP contribution in [0.5, 0.6) is 11.5 Å². The molecule has 0 atom stereocenters. The fourth-order valence-corrected chi connectivity index (χ4v) is 3.30. The molecule has 8 heteroatoms. The highest BCUT2D eigenvalue weighted by Crippen LogP contribution is 2.31. The average Bonchev–Trinajstić information content (AvgIpc) is 2.93. The van der Waals surface area contributed by atoms with E-state index in [1.54, 1.807) is 48.5 Å². The van der Waals surface area contributed by atoms with Crippen LogP contribution in [0.25, 0.3) is 6.08 Å². The Bertz CT molecular complexity index is 957. The number of thioether (sulfide) groups is 1. The van der Waals surface area contributed by atoms with Crippen LogP contribution in [0.3, 0.4) is 0 Å². The number of amides is 2. The van der Waals surface area contributed by atoms with Crippen molar-refractivity contribution in [1.82, 2.24) is 5.32 Å². The lowest BCUT2D eigenvalue weighted by Gasteiger charge is -2.10. The van der Waals surface area contributed by atoms with Crippen molar-refractivity contribution in [2.75, 3.05) is 7.11 Å². The normalized spacial score (nSPS) is 15.0. The van der Waals surface area contributed by atoms with E-state index in [9.17, 15) is 14.4 Å². The molecule has 1 heterocycles. The van der Waals surface area contributed by atoms with Crippen molar-refractivity contribution in [3.05, 3.63) is 63.5 Å². The summed E-state index contributed by atoms with van der Waals surface area (Å²) in [5.41, 5.74) is 1.37. The molecule has 6 nitrogen and oxygen atoms in total. The van der Waals surface area contributed by atoms with Crippen molar-refractivity contribution < 1.29 is 23.9 Å². The predicted molar refractivity (Wildman–Crippen MR) is 103 cm³/mol. The molecule has 0 bridgehead atoms. The number of halogens is 1. The molecule has 2 aromatic rings. The number of rotatable bonds is 5. The smallest absolute Gasteiger partial charge is 0.315 e. The Labute approximate surface area is 164 Å². The molecule has 0 aliphatic carbocycles. The maximum absolute atomic E-state index is 12.2. The predicted octanol–water partition coefficient (Wildman–Crippen LogP) is 3.82. The summed E-state index contributed by atoms with van der Waals surface area (Å²) >= 11 is 6.74. The van der Waals surface area contributed by atoms with Gasteiger partial charge in [0.15, 0.2) is 11.5 Å². The van der Waals surface area contributed by atoms with Crippen LogP contribution in [0.2, 0.25) is 5.02 Å². The highest BCUT2D eigenvalue weighted by molar-refractivity contribution is 8.18.